The molecule has 1 rings (SSSR count). The van der Waals surface area contributed by atoms with Crippen LogP contribution >= 0.6 is 0 Å². The van der Waals surface area contributed by atoms with Crippen LogP contribution in [-0.4, -0.2) is 17.3 Å². The lowest BCUT2D eigenvalue weighted by Crippen LogP contribution is -2.06. The maximum Gasteiger partial charge on any atom is 0.286 e. The average Bonchev–Trinajstić information content (AvgIpc) is 2.16. The number of benzene rings is 1. The van der Waals surface area contributed by atoms with Crippen molar-refractivity contribution in [3.8, 4) is 5.75 Å². The van der Waals surface area contributed by atoms with Crippen molar-refractivity contribution in [2.45, 2.75) is 13.8 Å². The Bertz CT molecular complexity index is 445. The summed E-state index contributed by atoms with van der Waals surface area (Å²) in [4.78, 5) is 21.1. The number of nitro benzene ring substituents is 1. The topological polar surface area (TPSA) is 69.4 Å². The van der Waals surface area contributed by atoms with E-state index in [0.717, 1.165) is 6.07 Å². The van der Waals surface area contributed by atoms with E-state index < -0.39 is 22.2 Å². The maximum absolute atomic E-state index is 13.1. The third-order valence-corrected chi connectivity index (χ3v) is 1.89. The Kier molecular flexibility index (Phi) is 3.55. The zero-order valence-corrected chi connectivity index (χ0v) is 8.82. The largest absolute Gasteiger partial charge is 0.493 e. The second-order valence-electron chi connectivity index (χ2n) is 3.04. The van der Waals surface area contributed by atoms with Crippen LogP contribution in [0.25, 0.3) is 0 Å². The minimum absolute atomic E-state index is 0.0956. The van der Waals surface area contributed by atoms with Crippen LogP contribution in [0, 0.1) is 15.9 Å². The molecule has 0 aliphatic heterocycles. The summed E-state index contributed by atoms with van der Waals surface area (Å²) in [7, 11) is 0. The number of carbonyl (C=O) groups is 1. The molecule has 0 unspecified atom stereocenters. The number of nitrogens with zero attached hydrogens (tertiary/aromatic N) is 1. The van der Waals surface area contributed by atoms with Crippen LogP contribution in [0.15, 0.2) is 12.1 Å². The highest BCUT2D eigenvalue weighted by molar-refractivity contribution is 6.00. The standard InChI is InChI=1S/C10H10FNO4/c1-3-16-9-5-7(11)4-8(12(14)15)10(9)6(2)13/h4-5H,3H2,1-2H3. The first-order valence-electron chi connectivity index (χ1n) is 4.59. The van der Waals surface area contributed by atoms with E-state index in [1.54, 1.807) is 6.92 Å². The maximum atomic E-state index is 13.1. The van der Waals surface area contributed by atoms with E-state index >= 15 is 0 Å². The molecule has 5 nitrogen and oxygen atoms in total. The van der Waals surface area contributed by atoms with Gasteiger partial charge in [-0.1, -0.05) is 0 Å². The van der Waals surface area contributed by atoms with Gasteiger partial charge in [0, 0.05) is 6.07 Å². The molecule has 0 fully saturated rings. The smallest absolute Gasteiger partial charge is 0.286 e. The second-order valence-corrected chi connectivity index (χ2v) is 3.04. The lowest BCUT2D eigenvalue weighted by molar-refractivity contribution is -0.385. The average molecular weight is 227 g/mol. The molecule has 16 heavy (non-hydrogen) atoms. The van der Waals surface area contributed by atoms with Gasteiger partial charge in [-0.25, -0.2) is 4.39 Å². The van der Waals surface area contributed by atoms with Crippen molar-refractivity contribution in [3.05, 3.63) is 33.6 Å². The summed E-state index contributed by atoms with van der Waals surface area (Å²) in [5, 5.41) is 10.7. The minimum atomic E-state index is -0.805. The van der Waals surface area contributed by atoms with Gasteiger partial charge < -0.3 is 4.74 Å². The van der Waals surface area contributed by atoms with Crippen molar-refractivity contribution in [3.63, 3.8) is 0 Å². The van der Waals surface area contributed by atoms with Gasteiger partial charge in [-0.05, 0) is 13.8 Å². The SMILES string of the molecule is CCOc1cc(F)cc([N+](=O)[O-])c1C(C)=O. The summed E-state index contributed by atoms with van der Waals surface area (Å²) in [5.41, 5.74) is -0.774. The fourth-order valence-electron chi connectivity index (χ4n) is 1.34. The highest BCUT2D eigenvalue weighted by atomic mass is 19.1. The van der Waals surface area contributed by atoms with Gasteiger partial charge in [0.1, 0.15) is 17.1 Å². The quantitative estimate of drug-likeness (QED) is 0.449. The third-order valence-electron chi connectivity index (χ3n) is 1.89. The van der Waals surface area contributed by atoms with Gasteiger partial charge >= 0.3 is 0 Å². The molecule has 1 aromatic carbocycles. The Hall–Kier alpha value is -1.98. The number of ketones is 1. The molecule has 0 atom stereocenters. The molecule has 0 saturated carbocycles. The van der Waals surface area contributed by atoms with Gasteiger partial charge in [-0.15, -0.1) is 0 Å². The van der Waals surface area contributed by atoms with Crippen molar-refractivity contribution in [1.82, 2.24) is 0 Å². The van der Waals surface area contributed by atoms with Gasteiger partial charge in [0.25, 0.3) is 5.69 Å². The number of Topliss-reactive ketones (excluding diaryl/α,β-unsaturated/α-hetero) is 1. The van der Waals surface area contributed by atoms with E-state index in [2.05, 4.69) is 0 Å². The first-order chi connectivity index (χ1) is 7.47. The molecule has 0 aliphatic carbocycles. The van der Waals surface area contributed by atoms with Crippen LogP contribution in [0.1, 0.15) is 24.2 Å². The van der Waals surface area contributed by atoms with Crippen molar-refractivity contribution >= 4 is 11.5 Å². The Morgan fingerprint density at radius 1 is 1.56 bits per heavy atom. The van der Waals surface area contributed by atoms with Gasteiger partial charge in [0.2, 0.25) is 0 Å². The number of carbonyl (C=O) groups excluding carboxylic acids is 1. The van der Waals surface area contributed by atoms with Crippen molar-refractivity contribution in [2.24, 2.45) is 0 Å². The molecule has 6 heteroatoms. The molecule has 0 bridgehead atoms. The predicted molar refractivity (Wildman–Crippen MR) is 54.2 cm³/mol. The molecular weight excluding hydrogens is 217 g/mol. The van der Waals surface area contributed by atoms with Crippen LogP contribution in [0.4, 0.5) is 10.1 Å². The van der Waals surface area contributed by atoms with Crippen molar-refractivity contribution in [2.75, 3.05) is 6.61 Å². The van der Waals surface area contributed by atoms with E-state index in [0.29, 0.717) is 6.07 Å². The van der Waals surface area contributed by atoms with Gasteiger partial charge in [-0.3, -0.25) is 14.9 Å². The van der Waals surface area contributed by atoms with Crippen LogP contribution < -0.4 is 4.74 Å². The molecule has 0 N–H and O–H groups in total. The Morgan fingerprint density at radius 2 is 2.19 bits per heavy atom. The lowest BCUT2D eigenvalue weighted by atomic mass is 10.1. The first kappa shape index (κ1) is 12.1. The molecule has 0 spiro atoms. The summed E-state index contributed by atoms with van der Waals surface area (Å²) in [6.07, 6.45) is 0. The second kappa shape index (κ2) is 4.69. The molecular formula is C10H10FNO4. The molecule has 0 aliphatic rings. The molecule has 1 aromatic rings. The fraction of sp³-hybridized carbons (Fsp3) is 0.300. The van der Waals surface area contributed by atoms with Crippen molar-refractivity contribution in [1.29, 1.82) is 0 Å². The van der Waals surface area contributed by atoms with Crippen LogP contribution in [-0.2, 0) is 0 Å². The molecule has 0 amide bonds. The fourth-order valence-corrected chi connectivity index (χ4v) is 1.34. The zero-order chi connectivity index (χ0) is 12.3. The van der Waals surface area contributed by atoms with Crippen LogP contribution in [0.2, 0.25) is 0 Å². The highest BCUT2D eigenvalue weighted by Crippen LogP contribution is 2.30. The Balaban J connectivity index is 3.47. The molecule has 86 valence electrons. The van der Waals surface area contributed by atoms with Crippen molar-refractivity contribution < 1.29 is 18.8 Å². The number of nitro groups is 1. The third kappa shape index (κ3) is 2.33. The molecule has 0 aromatic heterocycles. The van der Waals surface area contributed by atoms with E-state index in [1.807, 2.05) is 0 Å². The number of halogens is 1. The summed E-state index contributed by atoms with van der Waals surface area (Å²) in [6.45, 7) is 3.00. The van der Waals surface area contributed by atoms with E-state index in [1.165, 1.54) is 6.92 Å². The van der Waals surface area contributed by atoms with Gasteiger partial charge in [0.15, 0.2) is 5.78 Å². The predicted octanol–water partition coefficient (Wildman–Crippen LogP) is 2.34. The number of hydrogen-bond acceptors (Lipinski definition) is 4. The normalized spacial score (nSPS) is 9.94. The zero-order valence-electron chi connectivity index (χ0n) is 8.82. The molecule has 0 saturated heterocycles. The van der Waals surface area contributed by atoms with E-state index in [4.69, 9.17) is 4.74 Å². The summed E-state index contributed by atoms with van der Waals surface area (Å²) in [5.74, 6) is -1.43. The first-order valence-corrected chi connectivity index (χ1v) is 4.59. The van der Waals surface area contributed by atoms with E-state index in [9.17, 15) is 19.3 Å². The lowest BCUT2D eigenvalue weighted by Gasteiger charge is -2.08. The van der Waals surface area contributed by atoms with Crippen LogP contribution in [0.5, 0.6) is 5.75 Å². The van der Waals surface area contributed by atoms with Gasteiger partial charge in [0.05, 0.1) is 17.6 Å². The summed E-state index contributed by atoms with van der Waals surface area (Å²) < 4.78 is 18.1. The number of hydrogen-bond donors (Lipinski definition) is 0. The monoisotopic (exact) mass is 227 g/mol. The molecule has 0 heterocycles. The highest BCUT2D eigenvalue weighted by Gasteiger charge is 2.24. The number of rotatable bonds is 4. The number of ether oxygens (including phenoxy) is 1. The van der Waals surface area contributed by atoms with Crippen LogP contribution in [0.3, 0.4) is 0 Å². The minimum Gasteiger partial charge on any atom is -0.493 e. The Morgan fingerprint density at radius 3 is 2.62 bits per heavy atom. The summed E-state index contributed by atoms with van der Waals surface area (Å²) >= 11 is 0. The van der Waals surface area contributed by atoms with Gasteiger partial charge in [-0.2, -0.15) is 0 Å². The van der Waals surface area contributed by atoms with E-state index in [-0.39, 0.29) is 17.9 Å². The summed E-state index contributed by atoms with van der Waals surface area (Å²) in [6, 6.07) is 1.67. The Labute approximate surface area is 91.0 Å². The molecule has 0 radical (unpaired) electrons.